The highest BCUT2D eigenvalue weighted by atomic mass is 32.2. The van der Waals surface area contributed by atoms with Gasteiger partial charge in [0.05, 0.1) is 11.9 Å². The lowest BCUT2D eigenvalue weighted by atomic mass is 10.1. The number of carboxylic acids is 1. The standard InChI is InChI=1S/C15H16N2O2S/c18-15(19)9-11-10-20-8-7-17(11)14-5-6-16-13-4-2-1-3-12(13)14/h1-6,11H,7-10H2,(H,18,19). The number of rotatable bonds is 3. The number of pyridine rings is 1. The van der Waals surface area contributed by atoms with Crippen molar-refractivity contribution in [2.45, 2.75) is 12.5 Å². The van der Waals surface area contributed by atoms with E-state index in [1.165, 1.54) is 0 Å². The molecule has 0 amide bonds. The number of carboxylic acid groups (broad SMARTS) is 1. The smallest absolute Gasteiger partial charge is 0.305 e. The third-order valence-electron chi connectivity index (χ3n) is 3.57. The van der Waals surface area contributed by atoms with Crippen molar-refractivity contribution < 1.29 is 9.90 Å². The summed E-state index contributed by atoms with van der Waals surface area (Å²) < 4.78 is 0. The van der Waals surface area contributed by atoms with E-state index in [4.69, 9.17) is 5.11 Å². The van der Waals surface area contributed by atoms with Gasteiger partial charge in [-0.3, -0.25) is 9.78 Å². The van der Waals surface area contributed by atoms with Crippen molar-refractivity contribution in [2.75, 3.05) is 23.0 Å². The molecular weight excluding hydrogens is 272 g/mol. The molecule has 1 aromatic carbocycles. The molecule has 1 aromatic heterocycles. The number of benzene rings is 1. The van der Waals surface area contributed by atoms with Gasteiger partial charge in [-0.1, -0.05) is 18.2 Å². The summed E-state index contributed by atoms with van der Waals surface area (Å²) in [5.41, 5.74) is 2.06. The second-order valence-electron chi connectivity index (χ2n) is 4.87. The number of anilines is 1. The molecule has 1 aliphatic rings. The second kappa shape index (κ2) is 5.71. The van der Waals surface area contributed by atoms with Crippen molar-refractivity contribution >= 4 is 34.3 Å². The number of hydrogen-bond acceptors (Lipinski definition) is 4. The number of aliphatic carboxylic acids is 1. The number of fused-ring (bicyclic) bond motifs is 1. The van der Waals surface area contributed by atoms with E-state index in [1.54, 1.807) is 6.20 Å². The van der Waals surface area contributed by atoms with Crippen molar-refractivity contribution in [3.8, 4) is 0 Å². The molecule has 1 unspecified atom stereocenters. The number of hydrogen-bond donors (Lipinski definition) is 1. The van der Waals surface area contributed by atoms with Gasteiger partial charge in [0.2, 0.25) is 0 Å². The second-order valence-corrected chi connectivity index (χ2v) is 6.02. The van der Waals surface area contributed by atoms with Crippen LogP contribution in [-0.4, -0.2) is 40.2 Å². The van der Waals surface area contributed by atoms with Gasteiger partial charge in [0.1, 0.15) is 0 Å². The van der Waals surface area contributed by atoms with Crippen LogP contribution in [0.5, 0.6) is 0 Å². The van der Waals surface area contributed by atoms with Gasteiger partial charge in [-0.15, -0.1) is 0 Å². The lowest BCUT2D eigenvalue weighted by molar-refractivity contribution is -0.137. The summed E-state index contributed by atoms with van der Waals surface area (Å²) in [6, 6.07) is 10.1. The molecule has 0 radical (unpaired) electrons. The molecule has 1 atom stereocenters. The van der Waals surface area contributed by atoms with Crippen molar-refractivity contribution in [3.05, 3.63) is 36.5 Å². The minimum Gasteiger partial charge on any atom is -0.481 e. The summed E-state index contributed by atoms with van der Waals surface area (Å²) in [6.45, 7) is 0.886. The third-order valence-corrected chi connectivity index (χ3v) is 4.66. The molecule has 0 bridgehead atoms. The number of carbonyl (C=O) groups is 1. The van der Waals surface area contributed by atoms with E-state index in [0.29, 0.717) is 0 Å². The monoisotopic (exact) mass is 288 g/mol. The van der Waals surface area contributed by atoms with Crippen LogP contribution < -0.4 is 4.90 Å². The summed E-state index contributed by atoms with van der Waals surface area (Å²) >= 11 is 1.83. The molecule has 5 heteroatoms. The Labute approximate surface area is 121 Å². The lowest BCUT2D eigenvalue weighted by Gasteiger charge is -2.37. The van der Waals surface area contributed by atoms with Gasteiger partial charge in [0.25, 0.3) is 0 Å². The van der Waals surface area contributed by atoms with Crippen LogP contribution in [0.25, 0.3) is 10.9 Å². The van der Waals surface area contributed by atoms with E-state index >= 15 is 0 Å². The van der Waals surface area contributed by atoms with Crippen LogP contribution in [-0.2, 0) is 4.79 Å². The Morgan fingerprint density at radius 2 is 2.25 bits per heavy atom. The molecule has 0 spiro atoms. The molecule has 20 heavy (non-hydrogen) atoms. The zero-order valence-corrected chi connectivity index (χ0v) is 11.8. The van der Waals surface area contributed by atoms with Crippen LogP contribution in [0.15, 0.2) is 36.5 Å². The first kappa shape index (κ1) is 13.2. The average molecular weight is 288 g/mol. The van der Waals surface area contributed by atoms with Crippen LogP contribution in [0.3, 0.4) is 0 Å². The van der Waals surface area contributed by atoms with Gasteiger partial charge >= 0.3 is 5.97 Å². The molecule has 4 nitrogen and oxygen atoms in total. The number of aromatic nitrogens is 1. The quantitative estimate of drug-likeness (QED) is 0.941. The maximum atomic E-state index is 11.1. The van der Waals surface area contributed by atoms with Gasteiger partial charge in [-0.25, -0.2) is 0 Å². The topological polar surface area (TPSA) is 53.4 Å². The first-order chi connectivity index (χ1) is 9.75. The van der Waals surface area contributed by atoms with Gasteiger partial charge in [0, 0.05) is 41.4 Å². The van der Waals surface area contributed by atoms with Gasteiger partial charge < -0.3 is 10.0 Å². The lowest BCUT2D eigenvalue weighted by Crippen LogP contribution is -2.43. The largest absolute Gasteiger partial charge is 0.481 e. The van der Waals surface area contributed by atoms with E-state index in [1.807, 2.05) is 36.0 Å². The predicted octanol–water partition coefficient (Wildman–Crippen LogP) is 2.63. The number of para-hydroxylation sites is 1. The molecule has 3 rings (SSSR count). The van der Waals surface area contributed by atoms with Crippen LogP contribution in [0.1, 0.15) is 6.42 Å². The van der Waals surface area contributed by atoms with Crippen LogP contribution in [0.2, 0.25) is 0 Å². The Morgan fingerprint density at radius 1 is 1.40 bits per heavy atom. The fourth-order valence-electron chi connectivity index (χ4n) is 2.67. The fraction of sp³-hybridized carbons (Fsp3) is 0.333. The van der Waals surface area contributed by atoms with E-state index in [9.17, 15) is 4.79 Å². The maximum absolute atomic E-state index is 11.1. The van der Waals surface area contributed by atoms with Crippen molar-refractivity contribution in [1.82, 2.24) is 4.98 Å². The zero-order chi connectivity index (χ0) is 13.9. The molecule has 1 N–H and O–H groups in total. The van der Waals surface area contributed by atoms with E-state index in [2.05, 4.69) is 16.0 Å². The summed E-state index contributed by atoms with van der Waals surface area (Å²) in [4.78, 5) is 17.7. The Morgan fingerprint density at radius 3 is 3.10 bits per heavy atom. The number of thioether (sulfide) groups is 1. The number of nitrogens with zero attached hydrogens (tertiary/aromatic N) is 2. The molecule has 1 aliphatic heterocycles. The van der Waals surface area contributed by atoms with Crippen molar-refractivity contribution in [3.63, 3.8) is 0 Å². The minimum atomic E-state index is -0.735. The zero-order valence-electron chi connectivity index (χ0n) is 11.0. The minimum absolute atomic E-state index is 0.0528. The van der Waals surface area contributed by atoms with E-state index in [-0.39, 0.29) is 12.5 Å². The van der Waals surface area contributed by atoms with Gasteiger partial charge in [-0.05, 0) is 12.1 Å². The highest BCUT2D eigenvalue weighted by molar-refractivity contribution is 7.99. The van der Waals surface area contributed by atoms with Gasteiger partial charge in [0.15, 0.2) is 0 Å². The molecule has 1 fully saturated rings. The molecule has 104 valence electrons. The fourth-order valence-corrected chi connectivity index (χ4v) is 3.74. The third kappa shape index (κ3) is 2.58. The first-order valence-corrected chi connectivity index (χ1v) is 7.81. The molecule has 0 aliphatic carbocycles. The summed E-state index contributed by atoms with van der Waals surface area (Å²) in [5.74, 6) is 1.16. The highest BCUT2D eigenvalue weighted by Crippen LogP contribution is 2.31. The summed E-state index contributed by atoms with van der Waals surface area (Å²) in [6.07, 6.45) is 1.99. The summed E-state index contributed by atoms with van der Waals surface area (Å²) in [7, 11) is 0. The average Bonchev–Trinajstić information content (AvgIpc) is 2.47. The molecular formula is C15H16N2O2S. The Balaban J connectivity index is 2.01. The van der Waals surface area contributed by atoms with Crippen LogP contribution in [0, 0.1) is 0 Å². The summed E-state index contributed by atoms with van der Waals surface area (Å²) in [5, 5.41) is 10.2. The molecule has 0 saturated carbocycles. The van der Waals surface area contributed by atoms with E-state index < -0.39 is 5.97 Å². The Hall–Kier alpha value is -1.75. The Kier molecular flexibility index (Phi) is 3.78. The normalized spacial score (nSPS) is 19.2. The maximum Gasteiger partial charge on any atom is 0.305 e. The Bertz CT molecular complexity index is 627. The highest BCUT2D eigenvalue weighted by Gasteiger charge is 2.26. The van der Waals surface area contributed by atoms with Gasteiger partial charge in [-0.2, -0.15) is 11.8 Å². The van der Waals surface area contributed by atoms with Crippen LogP contribution in [0.4, 0.5) is 5.69 Å². The SMILES string of the molecule is O=C(O)CC1CSCCN1c1ccnc2ccccc12. The molecule has 1 saturated heterocycles. The van der Waals surface area contributed by atoms with Crippen LogP contribution >= 0.6 is 11.8 Å². The predicted molar refractivity (Wildman–Crippen MR) is 82.5 cm³/mol. The van der Waals surface area contributed by atoms with E-state index in [0.717, 1.165) is 34.6 Å². The molecule has 2 aromatic rings. The molecule has 2 heterocycles. The van der Waals surface area contributed by atoms with Crippen molar-refractivity contribution in [2.24, 2.45) is 0 Å². The first-order valence-electron chi connectivity index (χ1n) is 6.65. The van der Waals surface area contributed by atoms with Crippen molar-refractivity contribution in [1.29, 1.82) is 0 Å².